The third kappa shape index (κ3) is 2.68. The van der Waals surface area contributed by atoms with E-state index in [0.717, 1.165) is 16.4 Å². The van der Waals surface area contributed by atoms with Crippen molar-refractivity contribution in [3.05, 3.63) is 48.2 Å². The second-order valence-corrected chi connectivity index (χ2v) is 5.46. The number of anilines is 1. The molecule has 0 atom stereocenters. The molecule has 0 aliphatic heterocycles. The van der Waals surface area contributed by atoms with Gasteiger partial charge in [0.05, 0.1) is 10.6 Å². The average Bonchev–Trinajstić information content (AvgIpc) is 3.05. The third-order valence-corrected chi connectivity index (χ3v) is 4.01. The van der Waals surface area contributed by atoms with E-state index in [4.69, 9.17) is 0 Å². The molecule has 3 aromatic heterocycles. The fourth-order valence-corrected chi connectivity index (χ4v) is 2.90. The molecule has 0 bridgehead atoms. The summed E-state index contributed by atoms with van der Waals surface area (Å²) in [6.45, 7) is 1.90. The monoisotopic (exact) mass is 299 g/mol. The van der Waals surface area contributed by atoms with Crippen LogP contribution in [-0.2, 0) is 7.05 Å². The Balaban J connectivity index is 1.85. The van der Waals surface area contributed by atoms with Gasteiger partial charge in [0, 0.05) is 25.6 Å². The number of imidazole rings is 1. The number of hydrogen-bond acceptors (Lipinski definition) is 5. The molecule has 0 aliphatic carbocycles. The lowest BCUT2D eigenvalue weighted by molar-refractivity contribution is 0.102. The number of amides is 1. The number of hydrogen-bond donors (Lipinski definition) is 1. The first-order chi connectivity index (χ1) is 10.1. The van der Waals surface area contributed by atoms with Gasteiger partial charge in [-0.25, -0.2) is 9.97 Å². The first kappa shape index (κ1) is 13.4. The van der Waals surface area contributed by atoms with Crippen LogP contribution in [0.3, 0.4) is 0 Å². The predicted molar refractivity (Wildman–Crippen MR) is 81.2 cm³/mol. The summed E-state index contributed by atoms with van der Waals surface area (Å²) in [6, 6.07) is 5.20. The van der Waals surface area contributed by atoms with Gasteiger partial charge in [0.1, 0.15) is 5.69 Å². The Morgan fingerprint density at radius 3 is 2.81 bits per heavy atom. The first-order valence-electron chi connectivity index (χ1n) is 6.32. The van der Waals surface area contributed by atoms with Crippen LogP contribution in [-0.4, -0.2) is 25.4 Å². The first-order valence-corrected chi connectivity index (χ1v) is 7.14. The molecule has 7 heteroatoms. The van der Waals surface area contributed by atoms with E-state index in [0.29, 0.717) is 10.8 Å². The van der Waals surface area contributed by atoms with E-state index in [1.54, 1.807) is 30.6 Å². The highest BCUT2D eigenvalue weighted by molar-refractivity contribution is 7.19. The van der Waals surface area contributed by atoms with Crippen molar-refractivity contribution < 1.29 is 4.79 Å². The van der Waals surface area contributed by atoms with Crippen molar-refractivity contribution in [2.45, 2.75) is 6.92 Å². The molecule has 0 unspecified atom stereocenters. The minimum absolute atomic E-state index is 0.268. The number of nitrogens with zero attached hydrogens (tertiary/aromatic N) is 4. The minimum atomic E-state index is -0.268. The quantitative estimate of drug-likeness (QED) is 0.806. The Hall–Kier alpha value is -2.54. The second kappa shape index (κ2) is 5.45. The Kier molecular flexibility index (Phi) is 3.49. The molecule has 0 saturated carbocycles. The lowest BCUT2D eigenvalue weighted by Gasteiger charge is -1.99. The Morgan fingerprint density at radius 2 is 2.14 bits per heavy atom. The lowest BCUT2D eigenvalue weighted by Crippen LogP contribution is -2.13. The van der Waals surface area contributed by atoms with Crippen LogP contribution in [0.5, 0.6) is 0 Å². The normalized spacial score (nSPS) is 10.6. The fraction of sp³-hybridized carbons (Fsp3) is 0.143. The summed E-state index contributed by atoms with van der Waals surface area (Å²) in [7, 11) is 1.92. The molecule has 6 nitrogen and oxygen atoms in total. The summed E-state index contributed by atoms with van der Waals surface area (Å²) in [5, 5.41) is 3.31. The van der Waals surface area contributed by atoms with Crippen molar-refractivity contribution in [1.82, 2.24) is 19.5 Å². The van der Waals surface area contributed by atoms with Crippen molar-refractivity contribution >= 4 is 22.4 Å². The molecular formula is C14H13N5OS. The SMILES string of the molecule is Cc1nc(NC(=O)c2ccccn2)sc1-c1nccn1C. The van der Waals surface area contributed by atoms with Gasteiger partial charge in [0.15, 0.2) is 11.0 Å². The number of nitrogens with one attached hydrogen (secondary N) is 1. The van der Waals surface area contributed by atoms with Gasteiger partial charge in [-0.05, 0) is 19.1 Å². The van der Waals surface area contributed by atoms with Crippen molar-refractivity contribution in [1.29, 1.82) is 0 Å². The van der Waals surface area contributed by atoms with Crippen LogP contribution < -0.4 is 5.32 Å². The van der Waals surface area contributed by atoms with E-state index in [1.165, 1.54) is 11.3 Å². The minimum Gasteiger partial charge on any atom is -0.333 e. The van der Waals surface area contributed by atoms with Crippen molar-refractivity contribution in [2.75, 3.05) is 5.32 Å². The molecule has 3 rings (SSSR count). The summed E-state index contributed by atoms with van der Waals surface area (Å²) >= 11 is 1.40. The Morgan fingerprint density at radius 1 is 1.29 bits per heavy atom. The van der Waals surface area contributed by atoms with Crippen LogP contribution >= 0.6 is 11.3 Å². The van der Waals surface area contributed by atoms with Crippen molar-refractivity contribution in [3.63, 3.8) is 0 Å². The number of carbonyl (C=O) groups excluding carboxylic acids is 1. The molecule has 0 saturated heterocycles. The van der Waals surface area contributed by atoms with Gasteiger partial charge in [0.2, 0.25) is 0 Å². The molecule has 3 aromatic rings. The third-order valence-electron chi connectivity index (χ3n) is 2.94. The molecule has 0 radical (unpaired) electrons. The topological polar surface area (TPSA) is 72.7 Å². The van der Waals surface area contributed by atoms with E-state index in [-0.39, 0.29) is 5.91 Å². The Labute approximate surface area is 125 Å². The van der Waals surface area contributed by atoms with Crippen LogP contribution in [0.2, 0.25) is 0 Å². The molecule has 21 heavy (non-hydrogen) atoms. The van der Waals surface area contributed by atoms with E-state index >= 15 is 0 Å². The number of pyridine rings is 1. The van der Waals surface area contributed by atoms with Crippen LogP contribution in [0.1, 0.15) is 16.2 Å². The van der Waals surface area contributed by atoms with Gasteiger partial charge in [0.25, 0.3) is 5.91 Å². The average molecular weight is 299 g/mol. The summed E-state index contributed by atoms with van der Waals surface area (Å²) < 4.78 is 1.92. The number of thiazole rings is 1. The van der Waals surface area contributed by atoms with Crippen LogP contribution in [0.4, 0.5) is 5.13 Å². The lowest BCUT2D eigenvalue weighted by atomic mass is 10.3. The maximum Gasteiger partial charge on any atom is 0.276 e. The van der Waals surface area contributed by atoms with E-state index < -0.39 is 0 Å². The smallest absolute Gasteiger partial charge is 0.276 e. The second-order valence-electron chi connectivity index (χ2n) is 4.46. The van der Waals surface area contributed by atoms with Gasteiger partial charge < -0.3 is 4.57 Å². The molecular weight excluding hydrogens is 286 g/mol. The number of carbonyl (C=O) groups is 1. The summed E-state index contributed by atoms with van der Waals surface area (Å²) in [5.74, 6) is 0.569. The molecule has 1 N–H and O–H groups in total. The van der Waals surface area contributed by atoms with Gasteiger partial charge in [-0.3, -0.25) is 15.1 Å². The number of aromatic nitrogens is 4. The molecule has 106 valence electrons. The van der Waals surface area contributed by atoms with Gasteiger partial charge >= 0.3 is 0 Å². The summed E-state index contributed by atoms with van der Waals surface area (Å²) in [5.41, 5.74) is 1.20. The zero-order valence-electron chi connectivity index (χ0n) is 11.6. The highest BCUT2D eigenvalue weighted by Gasteiger charge is 2.15. The largest absolute Gasteiger partial charge is 0.333 e. The fourth-order valence-electron chi connectivity index (χ4n) is 1.90. The molecule has 0 spiro atoms. The van der Waals surface area contributed by atoms with Crippen LogP contribution in [0, 0.1) is 6.92 Å². The van der Waals surface area contributed by atoms with Crippen LogP contribution in [0.15, 0.2) is 36.8 Å². The van der Waals surface area contributed by atoms with Gasteiger partial charge in [-0.15, -0.1) is 0 Å². The van der Waals surface area contributed by atoms with Gasteiger partial charge in [-0.1, -0.05) is 17.4 Å². The molecule has 0 aliphatic rings. The summed E-state index contributed by atoms with van der Waals surface area (Å²) in [4.78, 5) is 25.7. The van der Waals surface area contributed by atoms with Crippen LogP contribution in [0.25, 0.3) is 10.7 Å². The standard InChI is InChI=1S/C14H13N5OS/c1-9-11(12-16-7-8-19(12)2)21-14(17-9)18-13(20)10-5-3-4-6-15-10/h3-8H,1-2H3,(H,17,18,20). The molecule has 0 fully saturated rings. The highest BCUT2D eigenvalue weighted by atomic mass is 32.1. The molecule has 1 amide bonds. The summed E-state index contributed by atoms with van der Waals surface area (Å²) in [6.07, 6.45) is 5.20. The Bertz CT molecular complexity index is 778. The van der Waals surface area contributed by atoms with E-state index in [9.17, 15) is 4.79 Å². The maximum atomic E-state index is 12.1. The highest BCUT2D eigenvalue weighted by Crippen LogP contribution is 2.31. The van der Waals surface area contributed by atoms with E-state index in [1.807, 2.05) is 24.7 Å². The van der Waals surface area contributed by atoms with Crippen molar-refractivity contribution in [3.8, 4) is 10.7 Å². The number of rotatable bonds is 3. The molecule has 0 aromatic carbocycles. The number of aryl methyl sites for hydroxylation is 2. The maximum absolute atomic E-state index is 12.1. The predicted octanol–water partition coefficient (Wildman–Crippen LogP) is 2.50. The van der Waals surface area contributed by atoms with Gasteiger partial charge in [-0.2, -0.15) is 0 Å². The zero-order valence-corrected chi connectivity index (χ0v) is 12.4. The molecule has 3 heterocycles. The van der Waals surface area contributed by atoms with E-state index in [2.05, 4.69) is 20.3 Å². The zero-order chi connectivity index (χ0) is 14.8. The van der Waals surface area contributed by atoms with Crippen molar-refractivity contribution in [2.24, 2.45) is 7.05 Å².